The van der Waals surface area contributed by atoms with Crippen LogP contribution in [0.4, 0.5) is 0 Å². The summed E-state index contributed by atoms with van der Waals surface area (Å²) in [6, 6.07) is 2.83. The number of hydrogen-bond acceptors (Lipinski definition) is 3. The van der Waals surface area contributed by atoms with Crippen LogP contribution in [-0.4, -0.2) is 60.2 Å². The Labute approximate surface area is 123 Å². The van der Waals surface area contributed by atoms with Gasteiger partial charge in [0.15, 0.2) is 0 Å². The van der Waals surface area contributed by atoms with Crippen LogP contribution in [0.3, 0.4) is 0 Å². The second kappa shape index (κ2) is 7.25. The van der Waals surface area contributed by atoms with Crippen LogP contribution in [0.5, 0.6) is 0 Å². The molecule has 1 saturated heterocycles. The molecule has 0 amide bonds. The molecule has 1 unspecified atom stereocenters. The highest BCUT2D eigenvalue weighted by Gasteiger charge is 2.24. The molecule has 0 aliphatic carbocycles. The van der Waals surface area contributed by atoms with Crippen molar-refractivity contribution in [1.82, 2.24) is 19.7 Å². The minimum Gasteiger partial charge on any atom is -0.357 e. The van der Waals surface area contributed by atoms with E-state index in [1.165, 1.54) is 31.7 Å². The summed E-state index contributed by atoms with van der Waals surface area (Å²) in [5.74, 6) is 0.696. The first-order valence-electron chi connectivity index (χ1n) is 7.80. The number of aryl methyl sites for hydroxylation is 1. The zero-order valence-electron chi connectivity index (χ0n) is 13.5. The van der Waals surface area contributed by atoms with Gasteiger partial charge in [0, 0.05) is 64.8 Å². The molecule has 2 rings (SSSR count). The van der Waals surface area contributed by atoms with Gasteiger partial charge in [-0.3, -0.25) is 4.90 Å². The third-order valence-electron chi connectivity index (χ3n) is 4.35. The van der Waals surface area contributed by atoms with Crippen molar-refractivity contribution >= 4 is 0 Å². The molecule has 1 aromatic rings. The fraction of sp³-hybridized carbons (Fsp3) is 0.750. The molecule has 1 N–H and O–H groups in total. The molecule has 1 aliphatic heterocycles. The van der Waals surface area contributed by atoms with Gasteiger partial charge in [0.05, 0.1) is 0 Å². The lowest BCUT2D eigenvalue weighted by Gasteiger charge is -2.40. The Bertz CT molecular complexity index is 391. The first-order chi connectivity index (χ1) is 9.56. The monoisotopic (exact) mass is 278 g/mol. The van der Waals surface area contributed by atoms with Gasteiger partial charge in [0.2, 0.25) is 0 Å². The molecule has 20 heavy (non-hydrogen) atoms. The Morgan fingerprint density at radius 3 is 2.40 bits per heavy atom. The number of nitrogens with zero attached hydrogens (tertiary/aromatic N) is 3. The van der Waals surface area contributed by atoms with E-state index < -0.39 is 0 Å². The number of piperazine rings is 1. The summed E-state index contributed by atoms with van der Waals surface area (Å²) >= 11 is 0. The maximum absolute atomic E-state index is 3.64. The molecule has 0 spiro atoms. The Morgan fingerprint density at radius 1 is 1.15 bits per heavy atom. The number of rotatable bonds is 6. The van der Waals surface area contributed by atoms with Crippen molar-refractivity contribution in [3.63, 3.8) is 0 Å². The van der Waals surface area contributed by atoms with Gasteiger partial charge < -0.3 is 14.8 Å². The van der Waals surface area contributed by atoms with Gasteiger partial charge in [-0.25, -0.2) is 0 Å². The average molecular weight is 278 g/mol. The van der Waals surface area contributed by atoms with Crippen LogP contribution >= 0.6 is 0 Å². The van der Waals surface area contributed by atoms with E-state index in [2.05, 4.69) is 66.1 Å². The van der Waals surface area contributed by atoms with Gasteiger partial charge in [-0.2, -0.15) is 0 Å². The fourth-order valence-electron chi connectivity index (χ4n) is 2.97. The topological polar surface area (TPSA) is 23.4 Å². The maximum Gasteiger partial charge on any atom is 0.0244 e. The molecule has 4 heteroatoms. The lowest BCUT2D eigenvalue weighted by Crippen LogP contribution is -2.53. The van der Waals surface area contributed by atoms with Crippen LogP contribution in [0.15, 0.2) is 18.5 Å². The van der Waals surface area contributed by atoms with Gasteiger partial charge in [0.25, 0.3) is 0 Å². The summed E-state index contributed by atoms with van der Waals surface area (Å²) in [5, 5.41) is 3.64. The molecule has 0 saturated carbocycles. The highest BCUT2D eigenvalue weighted by Crippen LogP contribution is 2.13. The number of nitrogens with one attached hydrogen (secondary N) is 1. The molecule has 1 aromatic heterocycles. The van der Waals surface area contributed by atoms with Gasteiger partial charge in [-0.05, 0) is 24.6 Å². The Kier molecular flexibility index (Phi) is 5.64. The number of hydrogen-bond donors (Lipinski definition) is 1. The van der Waals surface area contributed by atoms with Crippen molar-refractivity contribution in [1.29, 1.82) is 0 Å². The van der Waals surface area contributed by atoms with Crippen molar-refractivity contribution < 1.29 is 0 Å². The van der Waals surface area contributed by atoms with Crippen molar-refractivity contribution in [2.75, 3.05) is 39.8 Å². The standard InChI is InChI=1S/C16H30N4/c1-14(2)16(20-9-7-18(3)8-10-20)12-17-11-15-5-6-19(4)13-15/h5-6,13-14,16-17H,7-12H2,1-4H3. The predicted molar refractivity (Wildman–Crippen MR) is 84.8 cm³/mol. The Morgan fingerprint density at radius 2 is 1.85 bits per heavy atom. The van der Waals surface area contributed by atoms with E-state index in [1.807, 2.05) is 0 Å². The number of likely N-dealkylation sites (N-methyl/N-ethyl adjacent to an activating group) is 1. The summed E-state index contributed by atoms with van der Waals surface area (Å²) in [5.41, 5.74) is 1.37. The van der Waals surface area contributed by atoms with Crippen LogP contribution < -0.4 is 5.32 Å². The fourth-order valence-corrected chi connectivity index (χ4v) is 2.97. The predicted octanol–water partition coefficient (Wildman–Crippen LogP) is 1.39. The van der Waals surface area contributed by atoms with Crippen molar-refractivity contribution in [3.8, 4) is 0 Å². The van der Waals surface area contributed by atoms with E-state index in [0.29, 0.717) is 12.0 Å². The third kappa shape index (κ3) is 4.33. The van der Waals surface area contributed by atoms with E-state index >= 15 is 0 Å². The summed E-state index contributed by atoms with van der Waals surface area (Å²) in [6.07, 6.45) is 4.30. The van der Waals surface area contributed by atoms with Crippen LogP contribution in [-0.2, 0) is 13.6 Å². The molecule has 2 heterocycles. The zero-order valence-corrected chi connectivity index (χ0v) is 13.5. The molecular formula is C16H30N4. The molecule has 4 nitrogen and oxygen atoms in total. The molecule has 114 valence electrons. The van der Waals surface area contributed by atoms with Crippen molar-refractivity contribution in [2.24, 2.45) is 13.0 Å². The number of aromatic nitrogens is 1. The van der Waals surface area contributed by atoms with Crippen LogP contribution in [0.25, 0.3) is 0 Å². The van der Waals surface area contributed by atoms with Crippen LogP contribution in [0.1, 0.15) is 19.4 Å². The lowest BCUT2D eigenvalue weighted by molar-refractivity contribution is 0.0875. The van der Waals surface area contributed by atoms with E-state index in [0.717, 1.165) is 13.1 Å². The molecule has 1 atom stereocenters. The van der Waals surface area contributed by atoms with E-state index in [-0.39, 0.29) is 0 Å². The van der Waals surface area contributed by atoms with E-state index in [4.69, 9.17) is 0 Å². The Balaban J connectivity index is 1.80. The first kappa shape index (κ1) is 15.5. The van der Waals surface area contributed by atoms with Crippen molar-refractivity contribution in [3.05, 3.63) is 24.0 Å². The SMILES string of the molecule is CC(C)C(CNCc1ccn(C)c1)N1CCN(C)CC1. The first-order valence-corrected chi connectivity index (χ1v) is 7.80. The zero-order chi connectivity index (χ0) is 14.5. The molecule has 1 aliphatic rings. The van der Waals surface area contributed by atoms with Gasteiger partial charge in [-0.15, -0.1) is 0 Å². The summed E-state index contributed by atoms with van der Waals surface area (Å²) in [6.45, 7) is 11.5. The molecule has 0 aromatic carbocycles. The third-order valence-corrected chi connectivity index (χ3v) is 4.35. The van der Waals surface area contributed by atoms with E-state index in [9.17, 15) is 0 Å². The quantitative estimate of drug-likeness (QED) is 0.850. The minimum atomic E-state index is 0.646. The smallest absolute Gasteiger partial charge is 0.0244 e. The van der Waals surface area contributed by atoms with Gasteiger partial charge in [0.1, 0.15) is 0 Å². The van der Waals surface area contributed by atoms with Gasteiger partial charge in [-0.1, -0.05) is 13.8 Å². The van der Waals surface area contributed by atoms with Crippen molar-refractivity contribution in [2.45, 2.75) is 26.4 Å². The maximum atomic E-state index is 3.64. The molecule has 0 bridgehead atoms. The summed E-state index contributed by atoms with van der Waals surface area (Å²) < 4.78 is 2.11. The largest absolute Gasteiger partial charge is 0.357 e. The second-order valence-corrected chi connectivity index (χ2v) is 6.47. The minimum absolute atomic E-state index is 0.646. The lowest BCUT2D eigenvalue weighted by atomic mass is 10.0. The average Bonchev–Trinajstić information content (AvgIpc) is 2.81. The molecule has 0 radical (unpaired) electrons. The van der Waals surface area contributed by atoms with Gasteiger partial charge >= 0.3 is 0 Å². The molecule has 1 fully saturated rings. The molecular weight excluding hydrogens is 248 g/mol. The second-order valence-electron chi connectivity index (χ2n) is 6.47. The van der Waals surface area contributed by atoms with E-state index in [1.54, 1.807) is 0 Å². The highest BCUT2D eigenvalue weighted by molar-refractivity contribution is 5.09. The Hall–Kier alpha value is -0.840. The van der Waals surface area contributed by atoms with Crippen LogP contribution in [0, 0.1) is 5.92 Å². The summed E-state index contributed by atoms with van der Waals surface area (Å²) in [7, 11) is 4.29. The summed E-state index contributed by atoms with van der Waals surface area (Å²) in [4.78, 5) is 5.08. The highest BCUT2D eigenvalue weighted by atomic mass is 15.3. The normalized spacial score (nSPS) is 19.6. The van der Waals surface area contributed by atoms with Crippen LogP contribution in [0.2, 0.25) is 0 Å².